The van der Waals surface area contributed by atoms with Crippen LogP contribution in [0.4, 0.5) is 0 Å². The summed E-state index contributed by atoms with van der Waals surface area (Å²) in [6.45, 7) is 2.29. The lowest BCUT2D eigenvalue weighted by Gasteiger charge is -2.39. The molecular weight excluding hydrogens is 312 g/mol. The zero-order chi connectivity index (χ0) is 14.5. The van der Waals surface area contributed by atoms with Gasteiger partial charge in [-0.15, -0.1) is 0 Å². The normalized spacial score (nSPS) is 24.9. The minimum atomic E-state index is 0.531. The molecule has 112 valence electrons. The van der Waals surface area contributed by atoms with E-state index in [0.29, 0.717) is 6.04 Å². The number of hydrogen-bond donors (Lipinski definition) is 1. The van der Waals surface area contributed by atoms with Crippen LogP contribution in [-0.2, 0) is 0 Å². The monoisotopic (exact) mass is 338 g/mol. The van der Waals surface area contributed by atoms with Crippen LogP contribution < -0.4 is 5.32 Å². The van der Waals surface area contributed by atoms with Crippen molar-refractivity contribution in [3.63, 3.8) is 0 Å². The summed E-state index contributed by atoms with van der Waals surface area (Å²) >= 11 is 3.60. The smallest absolute Gasteiger partial charge is 0.0345 e. The summed E-state index contributed by atoms with van der Waals surface area (Å²) in [5, 5.41) is 3.42. The Morgan fingerprint density at radius 2 is 2.00 bits per heavy atom. The third kappa shape index (κ3) is 3.84. The Kier molecular flexibility index (Phi) is 6.06. The molecule has 0 bridgehead atoms. The molecule has 0 heterocycles. The molecule has 20 heavy (non-hydrogen) atoms. The number of benzene rings is 1. The molecule has 0 aliphatic heterocycles. The van der Waals surface area contributed by atoms with E-state index in [4.69, 9.17) is 0 Å². The van der Waals surface area contributed by atoms with Gasteiger partial charge in [0.25, 0.3) is 0 Å². The second-order valence-electron chi connectivity index (χ2n) is 5.94. The van der Waals surface area contributed by atoms with Gasteiger partial charge in [0.1, 0.15) is 0 Å². The van der Waals surface area contributed by atoms with E-state index in [0.717, 1.165) is 12.1 Å². The van der Waals surface area contributed by atoms with Crippen molar-refractivity contribution in [1.82, 2.24) is 10.2 Å². The molecule has 1 atom stereocenters. The first-order valence-corrected chi connectivity index (χ1v) is 8.59. The molecule has 1 aromatic carbocycles. The van der Waals surface area contributed by atoms with Crippen molar-refractivity contribution in [3.05, 3.63) is 34.3 Å². The molecule has 1 aliphatic carbocycles. The predicted molar refractivity (Wildman–Crippen MR) is 90.0 cm³/mol. The maximum atomic E-state index is 3.60. The van der Waals surface area contributed by atoms with Crippen LogP contribution in [0.2, 0.25) is 0 Å². The average Bonchev–Trinajstić information content (AvgIpc) is 2.48. The van der Waals surface area contributed by atoms with Gasteiger partial charge < -0.3 is 5.32 Å². The molecule has 1 saturated carbocycles. The van der Waals surface area contributed by atoms with Crippen LogP contribution in [-0.4, -0.2) is 31.1 Å². The van der Waals surface area contributed by atoms with E-state index in [2.05, 4.69) is 71.4 Å². The van der Waals surface area contributed by atoms with Crippen LogP contribution in [0.15, 0.2) is 28.7 Å². The van der Waals surface area contributed by atoms with Gasteiger partial charge in [-0.3, -0.25) is 4.90 Å². The fraction of sp³-hybridized carbons (Fsp3) is 0.647. The van der Waals surface area contributed by atoms with Crippen LogP contribution in [0, 0.1) is 0 Å². The summed E-state index contributed by atoms with van der Waals surface area (Å²) in [5.41, 5.74) is 1.43. The largest absolute Gasteiger partial charge is 0.317 e. The first-order valence-electron chi connectivity index (χ1n) is 7.80. The molecule has 0 spiro atoms. The van der Waals surface area contributed by atoms with Gasteiger partial charge in [-0.1, -0.05) is 35.0 Å². The summed E-state index contributed by atoms with van der Waals surface area (Å²) in [7, 11) is 4.39. The summed E-state index contributed by atoms with van der Waals surface area (Å²) in [6.07, 6.45) is 6.40. The van der Waals surface area contributed by atoms with Crippen LogP contribution in [0.1, 0.15) is 50.6 Å². The molecule has 0 amide bonds. The summed E-state index contributed by atoms with van der Waals surface area (Å²) in [5.74, 6) is 0. The highest BCUT2D eigenvalue weighted by Crippen LogP contribution is 2.31. The van der Waals surface area contributed by atoms with Crippen molar-refractivity contribution in [3.8, 4) is 0 Å². The molecular formula is C17H27BrN2. The van der Waals surface area contributed by atoms with E-state index in [1.807, 2.05) is 0 Å². The number of hydrogen-bond acceptors (Lipinski definition) is 2. The second-order valence-corrected chi connectivity index (χ2v) is 6.85. The SMILES string of the molecule is CCC(c1cccc(Br)c1)N(C)C1CCC(NC)CC1. The highest BCUT2D eigenvalue weighted by atomic mass is 79.9. The van der Waals surface area contributed by atoms with E-state index >= 15 is 0 Å². The Hall–Kier alpha value is -0.380. The van der Waals surface area contributed by atoms with Gasteiger partial charge in [0.2, 0.25) is 0 Å². The van der Waals surface area contributed by atoms with Gasteiger partial charge in [0.15, 0.2) is 0 Å². The van der Waals surface area contributed by atoms with Gasteiger partial charge in [-0.05, 0) is 63.9 Å². The Morgan fingerprint density at radius 3 is 2.55 bits per heavy atom. The maximum absolute atomic E-state index is 3.60. The van der Waals surface area contributed by atoms with Crippen molar-refractivity contribution >= 4 is 15.9 Å². The Balaban J connectivity index is 2.04. The van der Waals surface area contributed by atoms with Crippen molar-refractivity contribution in [2.24, 2.45) is 0 Å². The molecule has 2 nitrogen and oxygen atoms in total. The molecule has 1 aliphatic rings. The van der Waals surface area contributed by atoms with Crippen LogP contribution >= 0.6 is 15.9 Å². The molecule has 1 fully saturated rings. The second kappa shape index (κ2) is 7.58. The zero-order valence-electron chi connectivity index (χ0n) is 12.9. The quantitative estimate of drug-likeness (QED) is 0.857. The first kappa shape index (κ1) is 16.0. The Bertz CT molecular complexity index is 413. The lowest BCUT2D eigenvalue weighted by Crippen LogP contribution is -2.41. The molecule has 0 radical (unpaired) electrons. The maximum Gasteiger partial charge on any atom is 0.0345 e. The van der Waals surface area contributed by atoms with Crippen molar-refractivity contribution in [1.29, 1.82) is 0 Å². The third-order valence-electron chi connectivity index (χ3n) is 4.79. The fourth-order valence-corrected chi connectivity index (χ4v) is 3.92. The number of nitrogens with zero attached hydrogens (tertiary/aromatic N) is 1. The van der Waals surface area contributed by atoms with Crippen LogP contribution in [0.3, 0.4) is 0 Å². The Morgan fingerprint density at radius 1 is 1.30 bits per heavy atom. The zero-order valence-corrected chi connectivity index (χ0v) is 14.5. The van der Waals surface area contributed by atoms with Crippen LogP contribution in [0.25, 0.3) is 0 Å². The van der Waals surface area contributed by atoms with Gasteiger partial charge in [-0.25, -0.2) is 0 Å². The molecule has 2 rings (SSSR count). The average molecular weight is 339 g/mol. The Labute approximate surface area is 132 Å². The lowest BCUT2D eigenvalue weighted by atomic mass is 9.88. The standard InChI is InChI=1S/C17H27BrN2/c1-4-17(13-6-5-7-14(18)12-13)20(3)16-10-8-15(19-2)9-11-16/h5-7,12,15-17,19H,4,8-11H2,1-3H3. The number of nitrogens with one attached hydrogen (secondary N) is 1. The van der Waals surface area contributed by atoms with Gasteiger partial charge in [-0.2, -0.15) is 0 Å². The fourth-order valence-electron chi connectivity index (χ4n) is 3.50. The summed E-state index contributed by atoms with van der Waals surface area (Å²) < 4.78 is 1.18. The summed E-state index contributed by atoms with van der Waals surface area (Å²) in [6, 6.07) is 10.8. The predicted octanol–water partition coefficient (Wildman–Crippen LogP) is 4.36. The highest BCUT2D eigenvalue weighted by molar-refractivity contribution is 9.10. The van der Waals surface area contributed by atoms with Gasteiger partial charge >= 0.3 is 0 Å². The topological polar surface area (TPSA) is 15.3 Å². The third-order valence-corrected chi connectivity index (χ3v) is 5.29. The van der Waals surface area contributed by atoms with Gasteiger partial charge in [0.05, 0.1) is 0 Å². The van der Waals surface area contributed by atoms with Crippen molar-refractivity contribution in [2.45, 2.75) is 57.2 Å². The van der Waals surface area contributed by atoms with E-state index < -0.39 is 0 Å². The lowest BCUT2D eigenvalue weighted by molar-refractivity contribution is 0.124. The van der Waals surface area contributed by atoms with E-state index in [9.17, 15) is 0 Å². The molecule has 3 heteroatoms. The molecule has 1 unspecified atom stereocenters. The molecule has 0 aromatic heterocycles. The first-order chi connectivity index (χ1) is 9.65. The van der Waals surface area contributed by atoms with Crippen molar-refractivity contribution in [2.75, 3.05) is 14.1 Å². The van der Waals surface area contributed by atoms with Crippen molar-refractivity contribution < 1.29 is 0 Å². The van der Waals surface area contributed by atoms with Gasteiger partial charge in [0, 0.05) is 22.6 Å². The minimum absolute atomic E-state index is 0.531. The highest BCUT2D eigenvalue weighted by Gasteiger charge is 2.27. The minimum Gasteiger partial charge on any atom is -0.317 e. The molecule has 1 N–H and O–H groups in total. The van der Waals surface area contributed by atoms with Crippen LogP contribution in [0.5, 0.6) is 0 Å². The number of halogens is 1. The number of rotatable bonds is 5. The molecule has 1 aromatic rings. The van der Waals surface area contributed by atoms with E-state index in [-0.39, 0.29) is 0 Å². The summed E-state index contributed by atoms with van der Waals surface area (Å²) in [4.78, 5) is 2.60. The van der Waals surface area contributed by atoms with E-state index in [1.54, 1.807) is 0 Å². The molecule has 0 saturated heterocycles. The van der Waals surface area contributed by atoms with E-state index in [1.165, 1.54) is 42.1 Å².